The van der Waals surface area contributed by atoms with E-state index in [0.29, 0.717) is 0 Å². The Balaban J connectivity index is 1.78. The van der Waals surface area contributed by atoms with Crippen LogP contribution in [0.3, 0.4) is 0 Å². The summed E-state index contributed by atoms with van der Waals surface area (Å²) in [4.78, 5) is 26.9. The molecule has 0 aromatic heterocycles. The summed E-state index contributed by atoms with van der Waals surface area (Å²) < 4.78 is 0. The molecule has 1 aromatic rings. The maximum absolute atomic E-state index is 12.7. The Bertz CT molecular complexity index is 604. The van der Waals surface area contributed by atoms with Crippen LogP contribution in [0, 0.1) is 23.7 Å². The molecule has 2 bridgehead atoms. The number of allylic oxidation sites excluding steroid dienone is 2. The number of anilines is 1. The zero-order chi connectivity index (χ0) is 13.9. The van der Waals surface area contributed by atoms with Crippen molar-refractivity contribution in [3.8, 4) is 0 Å². The third-order valence-electron chi connectivity index (χ3n) is 5.08. The van der Waals surface area contributed by atoms with Gasteiger partial charge in [0.15, 0.2) is 0 Å². The van der Waals surface area contributed by atoms with Gasteiger partial charge in [-0.1, -0.05) is 37.3 Å². The van der Waals surface area contributed by atoms with Crippen molar-refractivity contribution < 1.29 is 9.59 Å². The predicted octanol–water partition coefficient (Wildman–Crippen LogP) is 2.56. The van der Waals surface area contributed by atoms with E-state index < -0.39 is 0 Å². The fourth-order valence-electron chi connectivity index (χ4n) is 4.17. The van der Waals surface area contributed by atoms with Gasteiger partial charge in [-0.3, -0.25) is 9.59 Å². The Kier molecular flexibility index (Phi) is 2.40. The maximum atomic E-state index is 12.7. The van der Waals surface area contributed by atoms with Crippen LogP contribution in [0.15, 0.2) is 36.4 Å². The average molecular weight is 267 g/mol. The number of carbonyl (C=O) groups is 2. The quantitative estimate of drug-likeness (QED) is 0.610. The van der Waals surface area contributed by atoms with Crippen molar-refractivity contribution in [3.63, 3.8) is 0 Å². The molecule has 0 radical (unpaired) electrons. The Hall–Kier alpha value is -1.90. The van der Waals surface area contributed by atoms with Gasteiger partial charge in [-0.25, -0.2) is 4.90 Å². The van der Waals surface area contributed by atoms with Gasteiger partial charge in [0.1, 0.15) is 0 Å². The normalized spacial score (nSPS) is 34.1. The molecule has 1 heterocycles. The molecule has 0 spiro atoms. The van der Waals surface area contributed by atoms with Gasteiger partial charge in [0.25, 0.3) is 0 Å². The molecule has 102 valence electrons. The van der Waals surface area contributed by atoms with Crippen LogP contribution < -0.4 is 4.90 Å². The third-order valence-corrected chi connectivity index (χ3v) is 5.08. The van der Waals surface area contributed by atoms with E-state index in [1.165, 1.54) is 4.90 Å². The molecule has 1 aromatic carbocycles. The first-order valence-electron chi connectivity index (χ1n) is 7.36. The molecule has 20 heavy (non-hydrogen) atoms. The maximum Gasteiger partial charge on any atom is 0.238 e. The summed E-state index contributed by atoms with van der Waals surface area (Å²) in [6, 6.07) is 7.75. The highest BCUT2D eigenvalue weighted by Crippen LogP contribution is 2.53. The summed E-state index contributed by atoms with van der Waals surface area (Å²) in [5, 5.41) is 0. The number of nitrogens with zero attached hydrogens (tertiary/aromatic N) is 1. The number of carbonyl (C=O) groups excluding carboxylic acids is 2. The zero-order valence-electron chi connectivity index (χ0n) is 11.5. The SMILES string of the molecule is CCc1ccccc1N1C(=O)[C@@H]2[C@H](C1=O)[C@H]1C=C[C@H]2C1. The van der Waals surface area contributed by atoms with Crippen molar-refractivity contribution in [3.05, 3.63) is 42.0 Å². The van der Waals surface area contributed by atoms with Crippen LogP contribution in [0.5, 0.6) is 0 Å². The van der Waals surface area contributed by atoms with Crippen LogP contribution >= 0.6 is 0 Å². The first kappa shape index (κ1) is 11.9. The van der Waals surface area contributed by atoms with Gasteiger partial charge < -0.3 is 0 Å². The Morgan fingerprint density at radius 3 is 2.25 bits per heavy atom. The molecular formula is C17H17NO2. The highest BCUT2D eigenvalue weighted by molar-refractivity contribution is 6.23. The number of para-hydroxylation sites is 1. The predicted molar refractivity (Wildman–Crippen MR) is 76.0 cm³/mol. The monoisotopic (exact) mass is 267 g/mol. The van der Waals surface area contributed by atoms with Crippen LogP contribution in [0.4, 0.5) is 5.69 Å². The summed E-state index contributed by atoms with van der Waals surface area (Å²) in [5.74, 6) is 0.362. The van der Waals surface area contributed by atoms with E-state index in [2.05, 4.69) is 19.1 Å². The Labute approximate surface area is 118 Å². The Morgan fingerprint density at radius 2 is 1.65 bits per heavy atom. The van der Waals surface area contributed by atoms with E-state index in [1.807, 2.05) is 24.3 Å². The molecule has 4 atom stereocenters. The summed E-state index contributed by atoms with van der Waals surface area (Å²) in [7, 11) is 0. The molecule has 3 nitrogen and oxygen atoms in total. The minimum atomic E-state index is -0.109. The number of fused-ring (bicyclic) bond motifs is 5. The second-order valence-electron chi connectivity index (χ2n) is 5.99. The van der Waals surface area contributed by atoms with Crippen LogP contribution in [0.2, 0.25) is 0 Å². The fourth-order valence-corrected chi connectivity index (χ4v) is 4.17. The van der Waals surface area contributed by atoms with Gasteiger partial charge in [-0.15, -0.1) is 0 Å². The minimum absolute atomic E-state index is 0.0118. The number of hydrogen-bond donors (Lipinski definition) is 0. The van der Waals surface area contributed by atoms with Gasteiger partial charge in [-0.2, -0.15) is 0 Å². The lowest BCUT2D eigenvalue weighted by Gasteiger charge is -2.20. The number of amides is 2. The van der Waals surface area contributed by atoms with E-state index in [1.54, 1.807) is 0 Å². The van der Waals surface area contributed by atoms with E-state index in [9.17, 15) is 9.59 Å². The van der Waals surface area contributed by atoms with Crippen molar-refractivity contribution >= 4 is 17.5 Å². The molecule has 1 aliphatic heterocycles. The molecule has 2 amide bonds. The molecule has 0 unspecified atom stereocenters. The lowest BCUT2D eigenvalue weighted by molar-refractivity contribution is -0.123. The number of aryl methyl sites for hydroxylation is 1. The van der Waals surface area contributed by atoms with Gasteiger partial charge in [0.05, 0.1) is 17.5 Å². The van der Waals surface area contributed by atoms with Crippen molar-refractivity contribution in [1.82, 2.24) is 0 Å². The van der Waals surface area contributed by atoms with Crippen molar-refractivity contribution in [2.75, 3.05) is 4.90 Å². The van der Waals surface area contributed by atoms with Crippen molar-refractivity contribution in [2.45, 2.75) is 19.8 Å². The summed E-state index contributed by atoms with van der Waals surface area (Å²) in [6.45, 7) is 2.05. The largest absolute Gasteiger partial charge is 0.274 e. The van der Waals surface area contributed by atoms with Gasteiger partial charge in [0, 0.05) is 0 Å². The summed E-state index contributed by atoms with van der Waals surface area (Å²) in [6.07, 6.45) is 6.07. The van der Waals surface area contributed by atoms with Gasteiger partial charge >= 0.3 is 0 Å². The van der Waals surface area contributed by atoms with E-state index in [4.69, 9.17) is 0 Å². The average Bonchev–Trinajstić information content (AvgIpc) is 3.13. The van der Waals surface area contributed by atoms with Crippen LogP contribution in [-0.4, -0.2) is 11.8 Å². The molecule has 1 saturated heterocycles. The second kappa shape index (κ2) is 4.05. The molecule has 2 aliphatic carbocycles. The first-order valence-corrected chi connectivity index (χ1v) is 7.36. The van der Waals surface area contributed by atoms with Crippen LogP contribution in [-0.2, 0) is 16.0 Å². The van der Waals surface area contributed by atoms with Crippen molar-refractivity contribution in [1.29, 1.82) is 0 Å². The molecule has 0 N–H and O–H groups in total. The molecular weight excluding hydrogens is 250 g/mol. The van der Waals surface area contributed by atoms with Crippen LogP contribution in [0.25, 0.3) is 0 Å². The smallest absolute Gasteiger partial charge is 0.238 e. The number of benzene rings is 1. The first-order chi connectivity index (χ1) is 9.72. The summed E-state index contributed by atoms with van der Waals surface area (Å²) >= 11 is 0. The standard InChI is InChI=1S/C17H17NO2/c1-2-10-5-3-4-6-13(10)18-16(19)14-11-7-8-12(9-11)15(14)17(18)20/h3-8,11-12,14-15H,2,9H2,1H3/t11-,12-,14-,15+/m0/s1. The van der Waals surface area contributed by atoms with E-state index >= 15 is 0 Å². The topological polar surface area (TPSA) is 37.4 Å². The summed E-state index contributed by atoms with van der Waals surface area (Å²) in [5.41, 5.74) is 1.85. The molecule has 3 aliphatic rings. The fraction of sp³-hybridized carbons (Fsp3) is 0.412. The molecule has 4 rings (SSSR count). The van der Waals surface area contributed by atoms with Gasteiger partial charge in [-0.05, 0) is 36.3 Å². The number of hydrogen-bond acceptors (Lipinski definition) is 2. The van der Waals surface area contributed by atoms with Gasteiger partial charge in [0.2, 0.25) is 11.8 Å². The van der Waals surface area contributed by atoms with E-state index in [-0.39, 0.29) is 35.5 Å². The molecule has 3 heteroatoms. The number of imide groups is 1. The third kappa shape index (κ3) is 1.35. The lowest BCUT2D eigenvalue weighted by atomic mass is 9.85. The highest BCUT2D eigenvalue weighted by Gasteiger charge is 2.59. The highest BCUT2D eigenvalue weighted by atomic mass is 16.2. The minimum Gasteiger partial charge on any atom is -0.274 e. The molecule has 2 fully saturated rings. The lowest BCUT2D eigenvalue weighted by Crippen LogP contribution is -2.33. The van der Waals surface area contributed by atoms with E-state index in [0.717, 1.165) is 24.1 Å². The van der Waals surface area contributed by atoms with Crippen molar-refractivity contribution in [2.24, 2.45) is 23.7 Å². The zero-order valence-corrected chi connectivity index (χ0v) is 11.5. The molecule has 1 saturated carbocycles. The second-order valence-corrected chi connectivity index (χ2v) is 5.99. The Morgan fingerprint density at radius 1 is 1.05 bits per heavy atom. The van der Waals surface area contributed by atoms with Crippen LogP contribution in [0.1, 0.15) is 18.9 Å². The number of rotatable bonds is 2.